The molecule has 29 heavy (non-hydrogen) atoms. The number of piperazine rings is 1. The minimum atomic E-state index is 0.880. The molecule has 0 atom stereocenters. The van der Waals surface area contributed by atoms with Crippen molar-refractivity contribution in [1.29, 1.82) is 0 Å². The van der Waals surface area contributed by atoms with Crippen molar-refractivity contribution in [1.82, 2.24) is 24.9 Å². The summed E-state index contributed by atoms with van der Waals surface area (Å²) in [4.78, 5) is 9.11. The van der Waals surface area contributed by atoms with Gasteiger partial charge in [0.2, 0.25) is 0 Å². The van der Waals surface area contributed by atoms with Crippen molar-refractivity contribution in [2.24, 2.45) is 0 Å². The third kappa shape index (κ3) is 4.92. The predicted octanol–water partition coefficient (Wildman–Crippen LogP) is 2.95. The zero-order valence-corrected chi connectivity index (χ0v) is 16.9. The van der Waals surface area contributed by atoms with E-state index < -0.39 is 0 Å². The monoisotopic (exact) mass is 392 g/mol. The van der Waals surface area contributed by atoms with Crippen molar-refractivity contribution in [3.63, 3.8) is 0 Å². The first-order valence-electron chi connectivity index (χ1n) is 10.2. The molecule has 1 aliphatic heterocycles. The Morgan fingerprint density at radius 1 is 0.966 bits per heavy atom. The van der Waals surface area contributed by atoms with Crippen LogP contribution in [-0.2, 0) is 6.54 Å². The van der Waals surface area contributed by atoms with Crippen molar-refractivity contribution >= 4 is 5.69 Å². The minimum absolute atomic E-state index is 0.880. The summed E-state index contributed by atoms with van der Waals surface area (Å²) >= 11 is 0. The highest BCUT2D eigenvalue weighted by molar-refractivity contribution is 5.58. The Morgan fingerprint density at radius 3 is 2.59 bits per heavy atom. The predicted molar refractivity (Wildman–Crippen MR) is 114 cm³/mol. The third-order valence-corrected chi connectivity index (χ3v) is 5.41. The van der Waals surface area contributed by atoms with E-state index in [9.17, 15) is 0 Å². The molecular formula is C22H28N6O. The lowest BCUT2D eigenvalue weighted by Gasteiger charge is -2.36. The van der Waals surface area contributed by atoms with E-state index >= 15 is 0 Å². The Labute approximate surface area is 171 Å². The largest absolute Gasteiger partial charge is 0.495 e. The molecule has 0 aliphatic carbocycles. The molecule has 7 nitrogen and oxygen atoms in total. The molecule has 0 spiro atoms. The Bertz CT molecular complexity index is 889. The molecule has 0 bridgehead atoms. The summed E-state index contributed by atoms with van der Waals surface area (Å²) < 4.78 is 7.44. The number of rotatable bonds is 8. The summed E-state index contributed by atoms with van der Waals surface area (Å²) in [6.07, 6.45) is 7.85. The van der Waals surface area contributed by atoms with Crippen LogP contribution in [0.3, 0.4) is 0 Å². The number of hydrogen-bond donors (Lipinski definition) is 0. The number of para-hydroxylation sites is 2. The van der Waals surface area contributed by atoms with E-state index in [1.165, 1.54) is 5.69 Å². The lowest BCUT2D eigenvalue weighted by atomic mass is 10.2. The van der Waals surface area contributed by atoms with Gasteiger partial charge in [0.1, 0.15) is 11.4 Å². The zero-order valence-electron chi connectivity index (χ0n) is 16.9. The second-order valence-electron chi connectivity index (χ2n) is 7.32. The van der Waals surface area contributed by atoms with Crippen LogP contribution in [-0.4, -0.2) is 64.7 Å². The second kappa shape index (κ2) is 9.52. The van der Waals surface area contributed by atoms with Crippen LogP contribution in [0.25, 0.3) is 11.3 Å². The Hall–Kier alpha value is -2.93. The van der Waals surface area contributed by atoms with Crippen LogP contribution >= 0.6 is 0 Å². The molecule has 7 heteroatoms. The molecule has 3 heterocycles. The molecule has 0 saturated carbocycles. The molecule has 1 aromatic carbocycles. The van der Waals surface area contributed by atoms with Gasteiger partial charge in [-0.15, -0.1) is 5.10 Å². The molecule has 152 valence electrons. The smallest absolute Gasteiger partial charge is 0.142 e. The number of aromatic nitrogens is 4. The Morgan fingerprint density at radius 2 is 1.79 bits per heavy atom. The summed E-state index contributed by atoms with van der Waals surface area (Å²) in [6, 6.07) is 12.2. The van der Waals surface area contributed by atoms with Gasteiger partial charge in [0.25, 0.3) is 0 Å². The van der Waals surface area contributed by atoms with Gasteiger partial charge in [-0.05, 0) is 43.7 Å². The summed E-state index contributed by atoms with van der Waals surface area (Å²) in [5.41, 5.74) is 3.09. The van der Waals surface area contributed by atoms with Crippen LogP contribution in [0.1, 0.15) is 12.8 Å². The van der Waals surface area contributed by atoms with Crippen LogP contribution in [0, 0.1) is 0 Å². The molecule has 0 N–H and O–H groups in total. The topological polar surface area (TPSA) is 59.3 Å². The number of hydrogen-bond acceptors (Lipinski definition) is 6. The third-order valence-electron chi connectivity index (χ3n) is 5.41. The van der Waals surface area contributed by atoms with Gasteiger partial charge in [-0.1, -0.05) is 17.3 Å². The normalized spacial score (nSPS) is 14.9. The molecule has 1 fully saturated rings. The van der Waals surface area contributed by atoms with Crippen molar-refractivity contribution in [3.8, 4) is 17.0 Å². The van der Waals surface area contributed by atoms with E-state index in [1.807, 2.05) is 41.3 Å². The zero-order chi connectivity index (χ0) is 19.9. The molecule has 0 radical (unpaired) electrons. The Kier molecular flexibility index (Phi) is 6.36. The maximum Gasteiger partial charge on any atom is 0.142 e. The van der Waals surface area contributed by atoms with Crippen LogP contribution in [0.2, 0.25) is 0 Å². The van der Waals surface area contributed by atoms with E-state index in [2.05, 4.69) is 37.2 Å². The number of ether oxygens (including phenoxy) is 1. The van der Waals surface area contributed by atoms with E-state index in [0.29, 0.717) is 0 Å². The first kappa shape index (κ1) is 19.4. The molecule has 0 amide bonds. The summed E-state index contributed by atoms with van der Waals surface area (Å²) in [6.45, 7) is 6.28. The lowest BCUT2D eigenvalue weighted by molar-refractivity contribution is 0.250. The highest BCUT2D eigenvalue weighted by atomic mass is 16.5. The molecule has 0 unspecified atom stereocenters. The fourth-order valence-electron chi connectivity index (χ4n) is 3.77. The van der Waals surface area contributed by atoms with Gasteiger partial charge in [0.05, 0.1) is 19.0 Å². The van der Waals surface area contributed by atoms with Gasteiger partial charge in [-0.2, -0.15) is 0 Å². The van der Waals surface area contributed by atoms with Crippen molar-refractivity contribution in [2.75, 3.05) is 44.7 Å². The molecule has 4 rings (SSSR count). The number of aryl methyl sites for hydroxylation is 1. The van der Waals surface area contributed by atoms with Crippen LogP contribution in [0.4, 0.5) is 5.69 Å². The number of methoxy groups -OCH3 is 1. The molecule has 1 saturated heterocycles. The number of pyridine rings is 1. The van der Waals surface area contributed by atoms with Gasteiger partial charge in [0, 0.05) is 50.7 Å². The summed E-state index contributed by atoms with van der Waals surface area (Å²) in [5, 5.41) is 8.50. The summed E-state index contributed by atoms with van der Waals surface area (Å²) in [7, 11) is 1.74. The lowest BCUT2D eigenvalue weighted by Crippen LogP contribution is -2.46. The van der Waals surface area contributed by atoms with Crippen molar-refractivity contribution in [2.45, 2.75) is 19.4 Å². The molecule has 1 aliphatic rings. The standard InChI is InChI=1S/C22H28N6O/c1-29-22-9-3-2-8-21(22)27-15-13-26(14-16-27)11-4-5-12-28-18-20(24-25-28)19-7-6-10-23-17-19/h2-3,6-10,17-18H,4-5,11-16H2,1H3. The highest BCUT2D eigenvalue weighted by Gasteiger charge is 2.19. The number of nitrogens with zero attached hydrogens (tertiary/aromatic N) is 6. The molecular weight excluding hydrogens is 364 g/mol. The fraction of sp³-hybridized carbons (Fsp3) is 0.409. The van der Waals surface area contributed by atoms with E-state index in [0.717, 1.165) is 69.1 Å². The number of anilines is 1. The highest BCUT2D eigenvalue weighted by Crippen LogP contribution is 2.28. The SMILES string of the molecule is COc1ccccc1N1CCN(CCCCn2cc(-c3cccnc3)nn2)CC1. The second-order valence-corrected chi connectivity index (χ2v) is 7.32. The number of benzene rings is 1. The average molecular weight is 393 g/mol. The van der Waals surface area contributed by atoms with E-state index in [4.69, 9.17) is 4.74 Å². The van der Waals surface area contributed by atoms with Gasteiger partial charge in [0.15, 0.2) is 0 Å². The maximum atomic E-state index is 5.50. The maximum absolute atomic E-state index is 5.50. The fourth-order valence-corrected chi connectivity index (χ4v) is 3.77. The van der Waals surface area contributed by atoms with Crippen LogP contribution in [0.15, 0.2) is 55.0 Å². The Balaban J connectivity index is 1.18. The quantitative estimate of drug-likeness (QED) is 0.550. The van der Waals surface area contributed by atoms with Crippen molar-refractivity contribution in [3.05, 3.63) is 55.0 Å². The first-order chi connectivity index (χ1) is 14.3. The van der Waals surface area contributed by atoms with Crippen LogP contribution in [0.5, 0.6) is 5.75 Å². The molecule has 3 aromatic rings. The first-order valence-corrected chi connectivity index (χ1v) is 10.2. The average Bonchev–Trinajstić information content (AvgIpc) is 3.27. The van der Waals surface area contributed by atoms with Crippen LogP contribution < -0.4 is 9.64 Å². The summed E-state index contributed by atoms with van der Waals surface area (Å²) in [5.74, 6) is 0.958. The van der Waals surface area contributed by atoms with E-state index in [-0.39, 0.29) is 0 Å². The van der Waals surface area contributed by atoms with Gasteiger partial charge >= 0.3 is 0 Å². The van der Waals surface area contributed by atoms with E-state index in [1.54, 1.807) is 13.3 Å². The van der Waals surface area contributed by atoms with Gasteiger partial charge in [-0.3, -0.25) is 14.6 Å². The number of unbranched alkanes of at least 4 members (excludes halogenated alkanes) is 1. The minimum Gasteiger partial charge on any atom is -0.495 e. The van der Waals surface area contributed by atoms with Gasteiger partial charge in [-0.25, -0.2) is 0 Å². The van der Waals surface area contributed by atoms with Gasteiger partial charge < -0.3 is 9.64 Å². The molecule has 2 aromatic heterocycles. The van der Waals surface area contributed by atoms with Crippen molar-refractivity contribution < 1.29 is 4.74 Å².